The molecule has 2 heteroatoms. The zero-order chi connectivity index (χ0) is 13.5. The lowest BCUT2D eigenvalue weighted by Gasteiger charge is -2.14. The van der Waals surface area contributed by atoms with Crippen molar-refractivity contribution in [2.24, 2.45) is 0 Å². The van der Waals surface area contributed by atoms with Gasteiger partial charge in [0.1, 0.15) is 5.82 Å². The molecule has 0 aliphatic rings. The maximum Gasteiger partial charge on any atom is 0.123 e. The molecule has 1 unspecified atom stereocenters. The molecule has 0 bridgehead atoms. The topological polar surface area (TPSA) is 0 Å². The molecular formula is C17H18BrF. The summed E-state index contributed by atoms with van der Waals surface area (Å²) in [5.41, 5.74) is 2.60. The van der Waals surface area contributed by atoms with E-state index in [4.69, 9.17) is 0 Å². The standard InChI is InChI=1S/C17H18BrF/c18-13-16(15-9-11-17(19)12-10-15)8-4-7-14-5-2-1-3-6-14/h1-3,5-6,9-12,16H,4,7-8,13H2. The van der Waals surface area contributed by atoms with Crippen LogP contribution in [0, 0.1) is 5.82 Å². The Balaban J connectivity index is 1.87. The van der Waals surface area contributed by atoms with Gasteiger partial charge in [-0.05, 0) is 48.4 Å². The molecule has 0 amide bonds. The molecular weight excluding hydrogens is 303 g/mol. The third-order valence-corrected chi connectivity index (χ3v) is 4.17. The van der Waals surface area contributed by atoms with Gasteiger partial charge in [-0.25, -0.2) is 4.39 Å². The van der Waals surface area contributed by atoms with Crippen molar-refractivity contribution < 1.29 is 4.39 Å². The fraction of sp³-hybridized carbons (Fsp3) is 0.294. The summed E-state index contributed by atoms with van der Waals surface area (Å²) in [5.74, 6) is 0.297. The van der Waals surface area contributed by atoms with E-state index in [2.05, 4.69) is 40.2 Å². The van der Waals surface area contributed by atoms with Crippen molar-refractivity contribution >= 4 is 15.9 Å². The fourth-order valence-electron chi connectivity index (χ4n) is 2.27. The summed E-state index contributed by atoms with van der Waals surface area (Å²) in [7, 11) is 0. The molecule has 1 atom stereocenters. The van der Waals surface area contributed by atoms with Crippen molar-refractivity contribution in [1.82, 2.24) is 0 Å². The summed E-state index contributed by atoms with van der Waals surface area (Å²) in [6.07, 6.45) is 3.37. The molecule has 0 N–H and O–H groups in total. The first kappa shape index (κ1) is 14.3. The molecule has 0 saturated heterocycles. The molecule has 0 aliphatic heterocycles. The van der Waals surface area contributed by atoms with Crippen molar-refractivity contribution in [3.8, 4) is 0 Å². The molecule has 0 nitrogen and oxygen atoms in total. The number of benzene rings is 2. The maximum absolute atomic E-state index is 12.9. The van der Waals surface area contributed by atoms with Crippen molar-refractivity contribution in [1.29, 1.82) is 0 Å². The monoisotopic (exact) mass is 320 g/mol. The lowest BCUT2D eigenvalue weighted by molar-refractivity contribution is 0.619. The first-order valence-corrected chi connectivity index (χ1v) is 7.77. The van der Waals surface area contributed by atoms with E-state index in [1.807, 2.05) is 18.2 Å². The summed E-state index contributed by atoms with van der Waals surface area (Å²) >= 11 is 3.56. The van der Waals surface area contributed by atoms with E-state index < -0.39 is 0 Å². The van der Waals surface area contributed by atoms with Crippen LogP contribution in [0.5, 0.6) is 0 Å². The largest absolute Gasteiger partial charge is 0.207 e. The van der Waals surface area contributed by atoms with Crippen LogP contribution in [0.4, 0.5) is 4.39 Å². The molecule has 2 rings (SSSR count). The van der Waals surface area contributed by atoms with Crippen molar-refractivity contribution in [2.75, 3.05) is 5.33 Å². The first-order chi connectivity index (χ1) is 9.29. The Kier molecular flexibility index (Phi) is 5.59. The van der Waals surface area contributed by atoms with Gasteiger partial charge in [-0.2, -0.15) is 0 Å². The van der Waals surface area contributed by atoms with Gasteiger partial charge >= 0.3 is 0 Å². The number of hydrogen-bond donors (Lipinski definition) is 0. The van der Waals surface area contributed by atoms with Crippen molar-refractivity contribution in [2.45, 2.75) is 25.2 Å². The molecule has 0 aliphatic carbocycles. The van der Waals surface area contributed by atoms with Gasteiger partial charge in [-0.15, -0.1) is 0 Å². The van der Waals surface area contributed by atoms with Gasteiger partial charge in [0, 0.05) is 5.33 Å². The van der Waals surface area contributed by atoms with E-state index in [1.54, 1.807) is 12.1 Å². The third-order valence-electron chi connectivity index (χ3n) is 3.39. The fourth-order valence-corrected chi connectivity index (χ4v) is 2.96. The average molecular weight is 321 g/mol. The van der Waals surface area contributed by atoms with E-state index >= 15 is 0 Å². The molecule has 0 aromatic heterocycles. The van der Waals surface area contributed by atoms with Crippen LogP contribution < -0.4 is 0 Å². The highest BCUT2D eigenvalue weighted by Crippen LogP contribution is 2.24. The molecule has 2 aromatic carbocycles. The van der Waals surface area contributed by atoms with Crippen LogP contribution in [0.15, 0.2) is 54.6 Å². The van der Waals surface area contributed by atoms with Gasteiger partial charge in [0.05, 0.1) is 0 Å². The number of aryl methyl sites for hydroxylation is 1. The SMILES string of the molecule is Fc1ccc(C(CBr)CCCc2ccccc2)cc1. The zero-order valence-corrected chi connectivity index (χ0v) is 12.4. The van der Waals surface area contributed by atoms with Crippen molar-refractivity contribution in [3.05, 3.63) is 71.5 Å². The summed E-state index contributed by atoms with van der Waals surface area (Å²) in [6, 6.07) is 17.4. The van der Waals surface area contributed by atoms with Crippen LogP contribution in [0.3, 0.4) is 0 Å². The first-order valence-electron chi connectivity index (χ1n) is 6.65. The predicted molar refractivity (Wildman–Crippen MR) is 82.3 cm³/mol. The second-order valence-electron chi connectivity index (χ2n) is 4.78. The van der Waals surface area contributed by atoms with Crippen molar-refractivity contribution in [3.63, 3.8) is 0 Å². The van der Waals surface area contributed by atoms with Gasteiger partial charge in [-0.1, -0.05) is 58.4 Å². The minimum absolute atomic E-state index is 0.165. The van der Waals surface area contributed by atoms with E-state index in [-0.39, 0.29) is 5.82 Å². The average Bonchev–Trinajstić information content (AvgIpc) is 2.46. The van der Waals surface area contributed by atoms with Crippen LogP contribution in [0.25, 0.3) is 0 Å². The highest BCUT2D eigenvalue weighted by molar-refractivity contribution is 9.09. The van der Waals surface area contributed by atoms with Gasteiger partial charge < -0.3 is 0 Å². The summed E-state index contributed by atoms with van der Waals surface area (Å²) in [6.45, 7) is 0. The quantitative estimate of drug-likeness (QED) is 0.631. The molecule has 19 heavy (non-hydrogen) atoms. The Hall–Kier alpha value is -1.15. The summed E-state index contributed by atoms with van der Waals surface area (Å²) < 4.78 is 12.9. The Labute approximate surface area is 122 Å². The molecule has 0 radical (unpaired) electrons. The number of hydrogen-bond acceptors (Lipinski definition) is 0. The van der Waals surface area contributed by atoms with E-state index in [0.29, 0.717) is 5.92 Å². The molecule has 0 spiro atoms. The molecule has 2 aromatic rings. The van der Waals surface area contributed by atoms with E-state index in [0.717, 1.165) is 24.6 Å². The Bertz CT molecular complexity index is 478. The Morgan fingerprint density at radius 1 is 0.947 bits per heavy atom. The number of halogens is 2. The summed E-state index contributed by atoms with van der Waals surface area (Å²) in [5, 5.41) is 0.924. The molecule has 0 saturated carbocycles. The van der Waals surface area contributed by atoms with Crippen LogP contribution in [0.1, 0.15) is 29.9 Å². The van der Waals surface area contributed by atoms with Crippen LogP contribution in [-0.4, -0.2) is 5.33 Å². The van der Waals surface area contributed by atoms with Gasteiger partial charge in [-0.3, -0.25) is 0 Å². The molecule has 100 valence electrons. The normalized spacial score (nSPS) is 12.3. The highest BCUT2D eigenvalue weighted by atomic mass is 79.9. The summed E-state index contributed by atoms with van der Waals surface area (Å²) in [4.78, 5) is 0. The van der Waals surface area contributed by atoms with Crippen LogP contribution in [0.2, 0.25) is 0 Å². The smallest absolute Gasteiger partial charge is 0.123 e. The van der Waals surface area contributed by atoms with Gasteiger partial charge in [0.15, 0.2) is 0 Å². The zero-order valence-electron chi connectivity index (χ0n) is 10.9. The van der Waals surface area contributed by atoms with Crippen LogP contribution >= 0.6 is 15.9 Å². The Morgan fingerprint density at radius 3 is 2.26 bits per heavy atom. The predicted octanol–water partition coefficient (Wildman–Crippen LogP) is 5.33. The van der Waals surface area contributed by atoms with Gasteiger partial charge in [0.2, 0.25) is 0 Å². The number of rotatable bonds is 6. The second kappa shape index (κ2) is 7.44. The third kappa shape index (κ3) is 4.46. The second-order valence-corrected chi connectivity index (χ2v) is 5.43. The lowest BCUT2D eigenvalue weighted by atomic mass is 9.94. The minimum atomic E-state index is -0.165. The maximum atomic E-state index is 12.9. The minimum Gasteiger partial charge on any atom is -0.207 e. The molecule has 0 fully saturated rings. The highest BCUT2D eigenvalue weighted by Gasteiger charge is 2.10. The number of alkyl halides is 1. The van der Waals surface area contributed by atoms with E-state index in [9.17, 15) is 4.39 Å². The van der Waals surface area contributed by atoms with Crippen LogP contribution in [-0.2, 0) is 6.42 Å². The Morgan fingerprint density at radius 2 is 1.63 bits per heavy atom. The van der Waals surface area contributed by atoms with E-state index in [1.165, 1.54) is 11.1 Å². The lowest BCUT2D eigenvalue weighted by Crippen LogP contribution is -2.01. The molecule has 0 heterocycles. The van der Waals surface area contributed by atoms with Gasteiger partial charge in [0.25, 0.3) is 0 Å².